The van der Waals surface area contributed by atoms with Gasteiger partial charge in [0.15, 0.2) is 11.5 Å². The van der Waals surface area contributed by atoms with Crippen LogP contribution in [-0.4, -0.2) is 45.5 Å². The summed E-state index contributed by atoms with van der Waals surface area (Å²) in [5.41, 5.74) is 1.55. The number of rotatable bonds is 7. The van der Waals surface area contributed by atoms with E-state index in [0.717, 1.165) is 5.56 Å². The summed E-state index contributed by atoms with van der Waals surface area (Å²) >= 11 is 0. The number of methoxy groups -OCH3 is 1. The summed E-state index contributed by atoms with van der Waals surface area (Å²) in [6.45, 7) is 2.46. The van der Waals surface area contributed by atoms with Crippen molar-refractivity contribution in [2.24, 2.45) is 0 Å². The Labute approximate surface area is 196 Å². The van der Waals surface area contributed by atoms with Gasteiger partial charge in [0.05, 0.1) is 25.3 Å². The van der Waals surface area contributed by atoms with Crippen LogP contribution >= 0.6 is 0 Å². The molecule has 0 unspecified atom stereocenters. The van der Waals surface area contributed by atoms with Crippen LogP contribution in [0.5, 0.6) is 17.2 Å². The SMILES string of the molecule is CCOc1ccc(/C(O)=C2\C(=O)C(=O)N(Cc3cccnc3)[C@H]2c2ccc(O)c(OC)c2)cc1. The lowest BCUT2D eigenvalue weighted by Crippen LogP contribution is -2.29. The highest BCUT2D eigenvalue weighted by Gasteiger charge is 2.46. The van der Waals surface area contributed by atoms with Crippen molar-refractivity contribution >= 4 is 17.4 Å². The van der Waals surface area contributed by atoms with Crippen LogP contribution in [0.3, 0.4) is 0 Å². The first-order valence-electron chi connectivity index (χ1n) is 10.7. The van der Waals surface area contributed by atoms with E-state index < -0.39 is 17.7 Å². The number of benzene rings is 2. The number of aromatic hydroxyl groups is 1. The molecule has 174 valence electrons. The summed E-state index contributed by atoms with van der Waals surface area (Å²) < 4.78 is 10.7. The van der Waals surface area contributed by atoms with Gasteiger partial charge in [0.2, 0.25) is 0 Å². The van der Waals surface area contributed by atoms with Gasteiger partial charge < -0.3 is 24.6 Å². The molecule has 8 nitrogen and oxygen atoms in total. The first-order valence-corrected chi connectivity index (χ1v) is 10.7. The summed E-state index contributed by atoms with van der Waals surface area (Å²) in [6.07, 6.45) is 3.23. The summed E-state index contributed by atoms with van der Waals surface area (Å²) in [7, 11) is 1.41. The van der Waals surface area contributed by atoms with E-state index in [1.807, 2.05) is 6.92 Å². The molecular weight excluding hydrogens is 436 g/mol. The number of nitrogens with zero attached hydrogens (tertiary/aromatic N) is 2. The fraction of sp³-hybridized carbons (Fsp3) is 0.192. The van der Waals surface area contributed by atoms with Gasteiger partial charge in [-0.3, -0.25) is 14.6 Å². The van der Waals surface area contributed by atoms with Crippen molar-refractivity contribution < 1.29 is 29.3 Å². The van der Waals surface area contributed by atoms with Gasteiger partial charge in [-0.2, -0.15) is 0 Å². The van der Waals surface area contributed by atoms with Gasteiger partial charge in [0.25, 0.3) is 11.7 Å². The largest absolute Gasteiger partial charge is 0.507 e. The molecular formula is C26H24N2O6. The highest BCUT2D eigenvalue weighted by atomic mass is 16.5. The maximum absolute atomic E-state index is 13.2. The molecule has 0 saturated carbocycles. The number of phenols is 1. The van der Waals surface area contributed by atoms with Crippen LogP contribution in [0.2, 0.25) is 0 Å². The summed E-state index contributed by atoms with van der Waals surface area (Å²) in [5.74, 6) is -1.11. The normalized spacial score (nSPS) is 17.1. The third-order valence-corrected chi connectivity index (χ3v) is 5.57. The number of amides is 1. The topological polar surface area (TPSA) is 109 Å². The summed E-state index contributed by atoms with van der Waals surface area (Å²) in [4.78, 5) is 31.7. The Bertz CT molecular complexity index is 1240. The highest BCUT2D eigenvalue weighted by Crippen LogP contribution is 2.42. The van der Waals surface area contributed by atoms with Gasteiger partial charge in [-0.25, -0.2) is 0 Å². The molecule has 1 aromatic heterocycles. The van der Waals surface area contributed by atoms with E-state index in [4.69, 9.17) is 9.47 Å². The molecule has 1 atom stereocenters. The van der Waals surface area contributed by atoms with Crippen LogP contribution in [0.1, 0.15) is 29.7 Å². The van der Waals surface area contributed by atoms with Gasteiger partial charge in [0, 0.05) is 24.5 Å². The van der Waals surface area contributed by atoms with Crippen molar-refractivity contribution in [2.45, 2.75) is 19.5 Å². The van der Waals surface area contributed by atoms with E-state index in [1.165, 1.54) is 18.1 Å². The quantitative estimate of drug-likeness (QED) is 0.313. The average Bonchev–Trinajstić information content (AvgIpc) is 3.10. The Kier molecular flexibility index (Phi) is 6.49. The third kappa shape index (κ3) is 4.30. The number of aliphatic hydroxyl groups excluding tert-OH is 1. The molecule has 0 radical (unpaired) electrons. The van der Waals surface area contributed by atoms with E-state index >= 15 is 0 Å². The number of likely N-dealkylation sites (tertiary alicyclic amines) is 1. The monoisotopic (exact) mass is 460 g/mol. The number of ether oxygens (including phenoxy) is 2. The minimum atomic E-state index is -0.902. The second kappa shape index (κ2) is 9.66. The Morgan fingerprint density at radius 3 is 2.53 bits per heavy atom. The van der Waals surface area contributed by atoms with E-state index in [-0.39, 0.29) is 29.4 Å². The smallest absolute Gasteiger partial charge is 0.295 e. The average molecular weight is 460 g/mol. The van der Waals surface area contributed by atoms with Crippen molar-refractivity contribution in [1.82, 2.24) is 9.88 Å². The van der Waals surface area contributed by atoms with Crippen LogP contribution in [0.15, 0.2) is 72.6 Å². The zero-order chi connectivity index (χ0) is 24.2. The van der Waals surface area contributed by atoms with Gasteiger partial charge >= 0.3 is 0 Å². The van der Waals surface area contributed by atoms with Gasteiger partial charge in [-0.05, 0) is 60.5 Å². The van der Waals surface area contributed by atoms with E-state index in [9.17, 15) is 19.8 Å². The van der Waals surface area contributed by atoms with E-state index in [2.05, 4.69) is 4.98 Å². The molecule has 0 aliphatic carbocycles. The number of ketones is 1. The van der Waals surface area contributed by atoms with Crippen LogP contribution in [0, 0.1) is 0 Å². The number of carbonyl (C=O) groups is 2. The molecule has 1 aliphatic heterocycles. The summed E-state index contributed by atoms with van der Waals surface area (Å²) in [5, 5.41) is 21.2. The molecule has 0 spiro atoms. The molecule has 1 fully saturated rings. The predicted octanol–water partition coefficient (Wildman–Crippen LogP) is 3.82. The van der Waals surface area contributed by atoms with E-state index in [0.29, 0.717) is 23.5 Å². The van der Waals surface area contributed by atoms with Crippen LogP contribution in [0.25, 0.3) is 5.76 Å². The number of hydrogen-bond acceptors (Lipinski definition) is 7. The second-order valence-corrected chi connectivity index (χ2v) is 7.68. The number of aliphatic hydroxyl groups is 1. The first-order chi connectivity index (χ1) is 16.4. The second-order valence-electron chi connectivity index (χ2n) is 7.68. The summed E-state index contributed by atoms with van der Waals surface area (Å²) in [6, 6.07) is 13.8. The van der Waals surface area contributed by atoms with Crippen molar-refractivity contribution in [3.05, 3.63) is 89.3 Å². The van der Waals surface area contributed by atoms with Crippen molar-refractivity contribution in [2.75, 3.05) is 13.7 Å². The molecule has 4 rings (SSSR count). The lowest BCUT2D eigenvalue weighted by molar-refractivity contribution is -0.140. The minimum absolute atomic E-state index is 0.0502. The van der Waals surface area contributed by atoms with Gasteiger partial charge in [-0.15, -0.1) is 0 Å². The van der Waals surface area contributed by atoms with Crippen LogP contribution in [0.4, 0.5) is 0 Å². The van der Waals surface area contributed by atoms with Crippen LogP contribution < -0.4 is 9.47 Å². The molecule has 0 bridgehead atoms. The molecule has 1 aliphatic rings. The van der Waals surface area contributed by atoms with Crippen LogP contribution in [-0.2, 0) is 16.1 Å². The Morgan fingerprint density at radius 2 is 1.88 bits per heavy atom. The van der Waals surface area contributed by atoms with E-state index in [1.54, 1.807) is 60.9 Å². The Hall–Kier alpha value is -4.33. The highest BCUT2D eigenvalue weighted by molar-refractivity contribution is 6.46. The predicted molar refractivity (Wildman–Crippen MR) is 124 cm³/mol. The molecule has 2 aromatic carbocycles. The molecule has 3 aromatic rings. The number of pyridine rings is 1. The minimum Gasteiger partial charge on any atom is -0.507 e. The fourth-order valence-electron chi connectivity index (χ4n) is 3.97. The maximum atomic E-state index is 13.2. The standard InChI is InChI=1S/C26H24N2O6/c1-3-34-19-9-6-17(7-10-19)24(30)22-23(18-8-11-20(29)21(13-18)33-2)28(26(32)25(22)31)15-16-5-4-12-27-14-16/h4-14,23,29-30H,3,15H2,1-2H3/b24-22+/t23-/m0/s1. The van der Waals surface area contributed by atoms with Gasteiger partial charge in [-0.1, -0.05) is 12.1 Å². The lowest BCUT2D eigenvalue weighted by Gasteiger charge is -2.25. The number of carbonyl (C=O) groups excluding carboxylic acids is 2. The molecule has 34 heavy (non-hydrogen) atoms. The number of hydrogen-bond donors (Lipinski definition) is 2. The zero-order valence-electron chi connectivity index (χ0n) is 18.8. The number of aromatic nitrogens is 1. The lowest BCUT2D eigenvalue weighted by atomic mass is 9.95. The third-order valence-electron chi connectivity index (χ3n) is 5.57. The molecule has 1 amide bonds. The molecule has 2 heterocycles. The maximum Gasteiger partial charge on any atom is 0.295 e. The van der Waals surface area contributed by atoms with Crippen molar-refractivity contribution in [3.63, 3.8) is 0 Å². The Morgan fingerprint density at radius 1 is 1.12 bits per heavy atom. The zero-order valence-corrected chi connectivity index (χ0v) is 18.8. The van der Waals surface area contributed by atoms with Crippen molar-refractivity contribution in [1.29, 1.82) is 0 Å². The fourth-order valence-corrected chi connectivity index (χ4v) is 3.97. The van der Waals surface area contributed by atoms with Crippen molar-refractivity contribution in [3.8, 4) is 17.2 Å². The number of Topliss-reactive ketones (excluding diaryl/α,β-unsaturated/α-hetero) is 1. The Balaban J connectivity index is 1.85. The molecule has 8 heteroatoms. The molecule has 2 N–H and O–H groups in total. The molecule has 1 saturated heterocycles. The number of phenolic OH excluding ortho intramolecular Hbond substituents is 1. The van der Waals surface area contributed by atoms with Gasteiger partial charge in [0.1, 0.15) is 11.5 Å². The first kappa shape index (κ1) is 22.8.